The number of nitrogens with one attached hydrogen (secondary N) is 1. The molecule has 3 aromatic rings. The van der Waals surface area contributed by atoms with E-state index in [1.807, 2.05) is 30.1 Å². The molecule has 2 aliphatic rings. The van der Waals surface area contributed by atoms with Crippen LogP contribution in [0.5, 0.6) is 5.75 Å². The number of aromatic hydroxyl groups is 1. The fraction of sp³-hybridized carbons (Fsp3) is 0.391. The second kappa shape index (κ2) is 8.19. The van der Waals surface area contributed by atoms with Gasteiger partial charge in [-0.25, -0.2) is 4.39 Å². The van der Waals surface area contributed by atoms with Crippen molar-refractivity contribution in [1.82, 2.24) is 25.5 Å². The van der Waals surface area contributed by atoms with E-state index in [2.05, 4.69) is 25.5 Å². The van der Waals surface area contributed by atoms with Crippen LogP contribution in [-0.4, -0.2) is 56.6 Å². The number of alkyl halides is 1. The van der Waals surface area contributed by atoms with Crippen LogP contribution in [0.15, 0.2) is 48.9 Å². The highest BCUT2D eigenvalue weighted by atomic mass is 19.1. The number of phenolic OH excluding ortho intramolecular Hbond substituents is 1. The Morgan fingerprint density at radius 1 is 1.10 bits per heavy atom. The molecule has 2 unspecified atom stereocenters. The standard InChI is InChI=1S/C23H25FN6O/c1-30(20-12-15-3-2-4-18(27-15)23(20)24)22-8-7-17(28-29-22)16-6-5-14(11-21(16)31)19-13-25-9-10-26-19/h5-11,13,15,18,20,23,27,31H,2-4,12H2,1H3/t15?,18?,20-,23+/m1/s1. The van der Waals surface area contributed by atoms with Crippen LogP contribution in [0.4, 0.5) is 10.2 Å². The molecule has 5 rings (SSSR count). The predicted octanol–water partition coefficient (Wildman–Crippen LogP) is 3.36. The van der Waals surface area contributed by atoms with Crippen LogP contribution in [0.2, 0.25) is 0 Å². The van der Waals surface area contributed by atoms with Crippen molar-refractivity contribution in [1.29, 1.82) is 0 Å². The van der Waals surface area contributed by atoms with E-state index < -0.39 is 6.17 Å². The zero-order valence-corrected chi connectivity index (χ0v) is 17.3. The number of piperidine rings is 2. The Kier molecular flexibility index (Phi) is 5.23. The average Bonchev–Trinajstić information content (AvgIpc) is 2.82. The van der Waals surface area contributed by atoms with Crippen LogP contribution < -0.4 is 10.2 Å². The van der Waals surface area contributed by atoms with Gasteiger partial charge in [0.05, 0.1) is 23.6 Å². The number of nitrogens with zero attached hydrogens (tertiary/aromatic N) is 5. The second-order valence-corrected chi connectivity index (χ2v) is 8.36. The van der Waals surface area contributed by atoms with Crippen LogP contribution in [-0.2, 0) is 0 Å². The molecule has 4 atom stereocenters. The van der Waals surface area contributed by atoms with Crippen molar-refractivity contribution in [2.45, 2.75) is 50.0 Å². The summed E-state index contributed by atoms with van der Waals surface area (Å²) in [6.45, 7) is 0. The number of anilines is 1. The highest BCUT2D eigenvalue weighted by Crippen LogP contribution is 2.34. The zero-order chi connectivity index (χ0) is 21.4. The molecule has 0 saturated carbocycles. The van der Waals surface area contributed by atoms with Crippen LogP contribution in [0.1, 0.15) is 25.7 Å². The van der Waals surface area contributed by atoms with Crippen LogP contribution >= 0.6 is 0 Å². The molecule has 2 fully saturated rings. The van der Waals surface area contributed by atoms with E-state index in [9.17, 15) is 5.11 Å². The lowest BCUT2D eigenvalue weighted by Crippen LogP contribution is -2.61. The van der Waals surface area contributed by atoms with Gasteiger partial charge in [-0.2, -0.15) is 0 Å². The number of rotatable bonds is 4. The summed E-state index contributed by atoms with van der Waals surface area (Å²) in [5.41, 5.74) is 2.58. The molecule has 0 radical (unpaired) electrons. The largest absolute Gasteiger partial charge is 0.507 e. The molecule has 8 heteroatoms. The van der Waals surface area contributed by atoms with Gasteiger partial charge in [0.2, 0.25) is 0 Å². The molecule has 160 valence electrons. The van der Waals surface area contributed by atoms with E-state index in [4.69, 9.17) is 0 Å². The Labute approximate surface area is 180 Å². The van der Waals surface area contributed by atoms with E-state index in [1.54, 1.807) is 30.7 Å². The van der Waals surface area contributed by atoms with Crippen molar-refractivity contribution < 1.29 is 9.50 Å². The Hall–Kier alpha value is -3.13. The van der Waals surface area contributed by atoms with Crippen molar-refractivity contribution in [2.75, 3.05) is 11.9 Å². The molecule has 0 spiro atoms. The van der Waals surface area contributed by atoms with Gasteiger partial charge in [-0.05, 0) is 43.5 Å². The lowest BCUT2D eigenvalue weighted by molar-refractivity contribution is 0.107. The lowest BCUT2D eigenvalue weighted by Gasteiger charge is -2.46. The fourth-order valence-electron chi connectivity index (χ4n) is 4.73. The van der Waals surface area contributed by atoms with Crippen LogP contribution in [0.3, 0.4) is 0 Å². The molecule has 0 amide bonds. The molecule has 7 nitrogen and oxygen atoms in total. The molecular formula is C23H25FN6O. The SMILES string of the molecule is CN(c1ccc(-c2ccc(-c3cnccn3)cc2O)nn1)[C@@H]1CC2CCCC(N2)[C@@H]1F. The van der Waals surface area contributed by atoms with Gasteiger partial charge in [-0.1, -0.05) is 12.5 Å². The third-order valence-electron chi connectivity index (χ3n) is 6.44. The van der Waals surface area contributed by atoms with E-state index >= 15 is 4.39 Å². The molecule has 2 aromatic heterocycles. The zero-order valence-electron chi connectivity index (χ0n) is 17.3. The molecule has 2 bridgehead atoms. The van der Waals surface area contributed by atoms with Gasteiger partial charge in [-0.15, -0.1) is 10.2 Å². The maximum Gasteiger partial charge on any atom is 0.151 e. The minimum Gasteiger partial charge on any atom is -0.507 e. The van der Waals surface area contributed by atoms with Gasteiger partial charge < -0.3 is 15.3 Å². The number of fused-ring (bicyclic) bond motifs is 2. The summed E-state index contributed by atoms with van der Waals surface area (Å²) in [5.74, 6) is 0.723. The van der Waals surface area contributed by atoms with Crippen LogP contribution in [0.25, 0.3) is 22.5 Å². The summed E-state index contributed by atoms with van der Waals surface area (Å²) < 4.78 is 15.0. The van der Waals surface area contributed by atoms with Gasteiger partial charge in [0.15, 0.2) is 5.82 Å². The van der Waals surface area contributed by atoms with E-state index in [-0.39, 0.29) is 17.8 Å². The molecule has 1 aromatic carbocycles. The first kappa shape index (κ1) is 19.8. The third kappa shape index (κ3) is 3.83. The second-order valence-electron chi connectivity index (χ2n) is 8.36. The monoisotopic (exact) mass is 420 g/mol. The van der Waals surface area contributed by atoms with Crippen molar-refractivity contribution in [2.24, 2.45) is 0 Å². The summed E-state index contributed by atoms with van der Waals surface area (Å²) in [6.07, 6.45) is 7.77. The van der Waals surface area contributed by atoms with Gasteiger partial charge in [-0.3, -0.25) is 9.97 Å². The summed E-state index contributed by atoms with van der Waals surface area (Å²) in [4.78, 5) is 10.2. The minimum atomic E-state index is -0.930. The highest BCUT2D eigenvalue weighted by molar-refractivity contribution is 5.72. The normalized spacial score (nSPS) is 25.2. The first-order valence-electron chi connectivity index (χ1n) is 10.7. The third-order valence-corrected chi connectivity index (χ3v) is 6.44. The Bertz CT molecular complexity index is 1050. The Balaban J connectivity index is 1.35. The molecule has 31 heavy (non-hydrogen) atoms. The number of aromatic nitrogens is 4. The lowest BCUT2D eigenvalue weighted by atomic mass is 9.82. The van der Waals surface area contributed by atoms with E-state index in [0.29, 0.717) is 28.8 Å². The number of benzene rings is 1. The molecule has 2 aliphatic heterocycles. The topological polar surface area (TPSA) is 87.1 Å². The van der Waals surface area contributed by atoms with Crippen molar-refractivity contribution in [3.63, 3.8) is 0 Å². The van der Waals surface area contributed by atoms with Gasteiger partial charge >= 0.3 is 0 Å². The molecule has 2 N–H and O–H groups in total. The minimum absolute atomic E-state index is 0.0723. The summed E-state index contributed by atoms with van der Waals surface area (Å²) in [7, 11) is 1.88. The number of phenols is 1. The molecule has 4 heterocycles. The van der Waals surface area contributed by atoms with Gasteiger partial charge in [0.1, 0.15) is 11.9 Å². The quantitative estimate of drug-likeness (QED) is 0.669. The maximum atomic E-state index is 15.0. The first-order valence-corrected chi connectivity index (χ1v) is 10.7. The summed E-state index contributed by atoms with van der Waals surface area (Å²) >= 11 is 0. The van der Waals surface area contributed by atoms with Gasteiger partial charge in [0, 0.05) is 42.7 Å². The highest BCUT2D eigenvalue weighted by Gasteiger charge is 2.41. The summed E-state index contributed by atoms with van der Waals surface area (Å²) in [6, 6.07) is 9.03. The maximum absolute atomic E-state index is 15.0. The van der Waals surface area contributed by atoms with Crippen LogP contribution in [0, 0.1) is 0 Å². The molecule has 2 saturated heterocycles. The first-order chi connectivity index (χ1) is 15.1. The predicted molar refractivity (Wildman–Crippen MR) is 116 cm³/mol. The van der Waals surface area contributed by atoms with Crippen molar-refractivity contribution in [3.8, 4) is 28.3 Å². The average molecular weight is 420 g/mol. The number of hydrogen-bond donors (Lipinski definition) is 2. The number of halogens is 1. The van der Waals surface area contributed by atoms with E-state index in [0.717, 1.165) is 31.2 Å². The Morgan fingerprint density at radius 2 is 2.00 bits per heavy atom. The fourth-order valence-corrected chi connectivity index (χ4v) is 4.73. The van der Waals surface area contributed by atoms with Crippen molar-refractivity contribution in [3.05, 3.63) is 48.9 Å². The summed E-state index contributed by atoms with van der Waals surface area (Å²) in [5, 5.41) is 22.6. The Morgan fingerprint density at radius 3 is 2.74 bits per heavy atom. The van der Waals surface area contributed by atoms with Gasteiger partial charge in [0.25, 0.3) is 0 Å². The van der Waals surface area contributed by atoms with Crippen molar-refractivity contribution >= 4 is 5.82 Å². The van der Waals surface area contributed by atoms with E-state index in [1.165, 1.54) is 0 Å². The smallest absolute Gasteiger partial charge is 0.151 e. The number of hydrogen-bond acceptors (Lipinski definition) is 7. The molecule has 0 aliphatic carbocycles. The molecular weight excluding hydrogens is 395 g/mol.